The van der Waals surface area contributed by atoms with Gasteiger partial charge in [-0.25, -0.2) is 4.79 Å². The molecule has 172 valence electrons. The summed E-state index contributed by atoms with van der Waals surface area (Å²) in [6.45, 7) is 9.64. The maximum Gasteiger partial charge on any atom is 0.323 e. The van der Waals surface area contributed by atoms with Crippen LogP contribution in [0.1, 0.15) is 47.7 Å². The Morgan fingerprint density at radius 2 is 1.81 bits per heavy atom. The Bertz CT molecular complexity index is 939. The molecule has 1 heterocycles. The number of hydrogen-bond donors (Lipinski definition) is 3. The molecule has 1 fully saturated rings. The number of nitrogens with zero attached hydrogens (tertiary/aromatic N) is 1. The van der Waals surface area contributed by atoms with Crippen LogP contribution in [-0.4, -0.2) is 44.8 Å². The van der Waals surface area contributed by atoms with Crippen LogP contribution in [0.4, 0.5) is 21.9 Å². The van der Waals surface area contributed by atoms with Gasteiger partial charge in [0.1, 0.15) is 0 Å². The molecule has 0 radical (unpaired) electrons. The molecule has 3 N–H and O–H groups in total. The monoisotopic (exact) mass is 438 g/mol. The van der Waals surface area contributed by atoms with Crippen molar-refractivity contribution in [3.8, 4) is 0 Å². The third-order valence-electron chi connectivity index (χ3n) is 5.53. The van der Waals surface area contributed by atoms with E-state index in [4.69, 9.17) is 4.74 Å². The molecule has 7 heteroatoms. The van der Waals surface area contributed by atoms with Gasteiger partial charge in [0, 0.05) is 49.9 Å². The molecule has 1 saturated heterocycles. The Labute approximate surface area is 190 Å². The van der Waals surface area contributed by atoms with E-state index in [1.165, 1.54) is 0 Å². The quantitative estimate of drug-likeness (QED) is 0.496. The topological polar surface area (TPSA) is 82.7 Å². The fourth-order valence-electron chi connectivity index (χ4n) is 3.88. The van der Waals surface area contributed by atoms with Gasteiger partial charge in [-0.1, -0.05) is 17.7 Å². The highest BCUT2D eigenvalue weighted by molar-refractivity contribution is 6.04. The van der Waals surface area contributed by atoms with Gasteiger partial charge in [0.05, 0.1) is 5.56 Å². The summed E-state index contributed by atoms with van der Waals surface area (Å²) in [5, 5.41) is 8.72. The van der Waals surface area contributed by atoms with E-state index in [0.29, 0.717) is 31.0 Å². The Kier molecular flexibility index (Phi) is 8.50. The smallest absolute Gasteiger partial charge is 0.323 e. The Balaban J connectivity index is 1.71. The lowest BCUT2D eigenvalue weighted by Gasteiger charge is -2.22. The third-order valence-corrected chi connectivity index (χ3v) is 5.53. The highest BCUT2D eigenvalue weighted by Gasteiger charge is 2.20. The van der Waals surface area contributed by atoms with Crippen molar-refractivity contribution in [1.82, 2.24) is 5.32 Å². The SMILES string of the molecule is CCOCCCNC(=O)c1cc(NC(=O)Nc2ccc(C)cc2C)ccc1N1CCCC1. The van der Waals surface area contributed by atoms with Crippen molar-refractivity contribution in [3.63, 3.8) is 0 Å². The molecule has 2 aromatic carbocycles. The minimum Gasteiger partial charge on any atom is -0.382 e. The van der Waals surface area contributed by atoms with Crippen LogP contribution in [0.15, 0.2) is 36.4 Å². The van der Waals surface area contributed by atoms with Gasteiger partial charge in [0.15, 0.2) is 0 Å². The number of ether oxygens (including phenoxy) is 1. The zero-order valence-electron chi connectivity index (χ0n) is 19.3. The summed E-state index contributed by atoms with van der Waals surface area (Å²) in [5.41, 5.74) is 4.96. The summed E-state index contributed by atoms with van der Waals surface area (Å²) < 4.78 is 5.34. The average Bonchev–Trinajstić information content (AvgIpc) is 3.30. The van der Waals surface area contributed by atoms with Gasteiger partial charge in [-0.15, -0.1) is 0 Å². The summed E-state index contributed by atoms with van der Waals surface area (Å²) in [7, 11) is 0. The summed E-state index contributed by atoms with van der Waals surface area (Å²) in [6.07, 6.45) is 3.00. The molecule has 7 nitrogen and oxygen atoms in total. The summed E-state index contributed by atoms with van der Waals surface area (Å²) >= 11 is 0. The first-order valence-corrected chi connectivity index (χ1v) is 11.4. The molecular weight excluding hydrogens is 404 g/mol. The Morgan fingerprint density at radius 3 is 2.53 bits per heavy atom. The molecule has 1 aliphatic heterocycles. The van der Waals surface area contributed by atoms with E-state index in [2.05, 4.69) is 20.9 Å². The molecule has 0 atom stereocenters. The predicted octanol–water partition coefficient (Wildman–Crippen LogP) is 4.70. The molecule has 1 aliphatic rings. The molecule has 0 aromatic heterocycles. The fourth-order valence-corrected chi connectivity index (χ4v) is 3.88. The molecular formula is C25H34N4O3. The number of anilines is 3. The van der Waals surface area contributed by atoms with Crippen molar-refractivity contribution in [2.75, 3.05) is 48.4 Å². The number of rotatable bonds is 9. The van der Waals surface area contributed by atoms with E-state index < -0.39 is 0 Å². The summed E-state index contributed by atoms with van der Waals surface area (Å²) in [4.78, 5) is 27.8. The van der Waals surface area contributed by atoms with Crippen molar-refractivity contribution in [2.24, 2.45) is 0 Å². The summed E-state index contributed by atoms with van der Waals surface area (Å²) in [6, 6.07) is 11.1. The van der Waals surface area contributed by atoms with Gasteiger partial charge in [-0.05, 0) is 69.9 Å². The lowest BCUT2D eigenvalue weighted by atomic mass is 10.1. The summed E-state index contributed by atoms with van der Waals surface area (Å²) in [5.74, 6) is -0.137. The van der Waals surface area contributed by atoms with Gasteiger partial charge in [0.2, 0.25) is 0 Å². The second-order valence-corrected chi connectivity index (χ2v) is 8.13. The molecule has 0 spiro atoms. The van der Waals surface area contributed by atoms with Crippen molar-refractivity contribution < 1.29 is 14.3 Å². The van der Waals surface area contributed by atoms with E-state index in [1.807, 2.05) is 51.1 Å². The van der Waals surface area contributed by atoms with E-state index in [-0.39, 0.29) is 11.9 Å². The van der Waals surface area contributed by atoms with Crippen LogP contribution in [0.25, 0.3) is 0 Å². The van der Waals surface area contributed by atoms with Gasteiger partial charge < -0.3 is 25.6 Å². The molecule has 2 aromatic rings. The zero-order chi connectivity index (χ0) is 22.9. The van der Waals surface area contributed by atoms with Crippen LogP contribution in [0.2, 0.25) is 0 Å². The number of amides is 3. The number of benzene rings is 2. The first-order valence-electron chi connectivity index (χ1n) is 11.4. The van der Waals surface area contributed by atoms with Gasteiger partial charge >= 0.3 is 6.03 Å². The average molecular weight is 439 g/mol. The van der Waals surface area contributed by atoms with E-state index >= 15 is 0 Å². The van der Waals surface area contributed by atoms with Crippen LogP contribution in [0.3, 0.4) is 0 Å². The minimum absolute atomic E-state index is 0.137. The highest BCUT2D eigenvalue weighted by Crippen LogP contribution is 2.28. The second-order valence-electron chi connectivity index (χ2n) is 8.13. The first-order chi connectivity index (χ1) is 15.5. The first kappa shape index (κ1) is 23.6. The maximum absolute atomic E-state index is 13.0. The second kappa shape index (κ2) is 11.5. The van der Waals surface area contributed by atoms with Crippen LogP contribution in [0, 0.1) is 13.8 Å². The number of hydrogen-bond acceptors (Lipinski definition) is 4. The van der Waals surface area contributed by atoms with Crippen LogP contribution in [-0.2, 0) is 4.74 Å². The van der Waals surface area contributed by atoms with Gasteiger partial charge in [-0.2, -0.15) is 0 Å². The standard InChI is InChI=1S/C25H34N4O3/c1-4-32-15-7-12-26-24(30)21-17-20(9-11-23(21)29-13-5-6-14-29)27-25(31)28-22-10-8-18(2)16-19(22)3/h8-11,16-17H,4-7,12-15H2,1-3H3,(H,26,30)(H2,27,28,31). The van der Waals surface area contributed by atoms with E-state index in [0.717, 1.165) is 54.9 Å². The third kappa shape index (κ3) is 6.47. The van der Waals surface area contributed by atoms with Gasteiger partial charge in [-0.3, -0.25) is 4.79 Å². The van der Waals surface area contributed by atoms with Crippen molar-refractivity contribution in [3.05, 3.63) is 53.1 Å². The fraction of sp³-hybridized carbons (Fsp3) is 0.440. The largest absolute Gasteiger partial charge is 0.382 e. The number of nitrogens with one attached hydrogen (secondary N) is 3. The van der Waals surface area contributed by atoms with Crippen molar-refractivity contribution in [2.45, 2.75) is 40.0 Å². The Morgan fingerprint density at radius 1 is 1.03 bits per heavy atom. The molecule has 0 saturated carbocycles. The molecule has 32 heavy (non-hydrogen) atoms. The lowest BCUT2D eigenvalue weighted by Crippen LogP contribution is -2.29. The van der Waals surface area contributed by atoms with E-state index in [1.54, 1.807) is 6.07 Å². The van der Waals surface area contributed by atoms with E-state index in [9.17, 15) is 9.59 Å². The minimum atomic E-state index is -0.339. The molecule has 0 aliphatic carbocycles. The predicted molar refractivity (Wildman–Crippen MR) is 130 cm³/mol. The number of urea groups is 1. The van der Waals surface area contributed by atoms with Crippen molar-refractivity contribution in [1.29, 1.82) is 0 Å². The maximum atomic E-state index is 13.0. The van der Waals surface area contributed by atoms with Crippen LogP contribution >= 0.6 is 0 Å². The normalized spacial score (nSPS) is 13.2. The van der Waals surface area contributed by atoms with Crippen molar-refractivity contribution >= 4 is 29.0 Å². The van der Waals surface area contributed by atoms with Crippen LogP contribution in [0.5, 0.6) is 0 Å². The zero-order valence-corrected chi connectivity index (χ0v) is 19.3. The lowest BCUT2D eigenvalue weighted by molar-refractivity contribution is 0.0944. The Hall–Kier alpha value is -3.06. The molecule has 0 unspecified atom stereocenters. The van der Waals surface area contributed by atoms with Gasteiger partial charge in [0.25, 0.3) is 5.91 Å². The molecule has 3 rings (SSSR count). The number of aryl methyl sites for hydroxylation is 2. The van der Waals surface area contributed by atoms with Crippen LogP contribution < -0.4 is 20.9 Å². The highest BCUT2D eigenvalue weighted by atomic mass is 16.5. The molecule has 3 amide bonds. The number of carbonyl (C=O) groups is 2. The molecule has 0 bridgehead atoms. The number of carbonyl (C=O) groups excluding carboxylic acids is 2.